The number of carbonyl (C=O) groups is 1. The molecule has 9 rings (SSSR count). The molecule has 1 amide bonds. The molecule has 474 valence electrons. The second-order valence-corrected chi connectivity index (χ2v) is 27.0. The maximum absolute atomic E-state index is 13.8. The van der Waals surface area contributed by atoms with Crippen molar-refractivity contribution in [1.82, 2.24) is 53.5 Å². The molecule has 47 heteroatoms. The molecule has 42 nitrogen and oxygen atoms in total. The maximum Gasteiger partial charge on any atom is 0.490 e. The molecular weight excluding hydrogens is 1270 g/mol. The van der Waals surface area contributed by atoms with Crippen molar-refractivity contribution in [1.29, 1.82) is 0 Å². The number of phosphoric acid groups is 5. The minimum Gasteiger partial charge on any atom is -0.397 e. The molecule has 4 aliphatic rings. The molecule has 9 heterocycles. The maximum atomic E-state index is 13.8. The minimum absolute atomic E-state index is 0.0571. The number of hydrogen-bond acceptors (Lipinski definition) is 31. The average molecular weight is 1320 g/mol. The van der Waals surface area contributed by atoms with Crippen molar-refractivity contribution in [2.45, 2.75) is 93.7 Å². The fourth-order valence-electron chi connectivity index (χ4n) is 9.49. The molecule has 0 spiro atoms. The van der Waals surface area contributed by atoms with Gasteiger partial charge in [-0.25, -0.2) is 42.8 Å². The zero-order valence-corrected chi connectivity index (χ0v) is 49.2. The Hall–Kier alpha value is -5.42. The highest BCUT2D eigenvalue weighted by Gasteiger charge is 2.54. The molecule has 5 aromatic heterocycles. The molecule has 5 aromatic rings. The van der Waals surface area contributed by atoms with Gasteiger partial charge >= 0.3 is 39.1 Å². The second kappa shape index (κ2) is 24.9. The Bertz CT molecular complexity index is 3840. The third kappa shape index (κ3) is 13.9. The number of nitrogens with one attached hydrogen (secondary N) is 2. The lowest BCUT2D eigenvalue weighted by molar-refractivity contribution is -0.130. The van der Waals surface area contributed by atoms with E-state index in [-0.39, 0.29) is 51.4 Å². The van der Waals surface area contributed by atoms with Crippen molar-refractivity contribution in [2.24, 2.45) is 16.6 Å². The van der Waals surface area contributed by atoms with Gasteiger partial charge in [0.05, 0.1) is 50.6 Å². The first kappa shape index (κ1) is 65.0. The molecule has 16 N–H and O–H groups in total. The molecule has 6 unspecified atom stereocenters. The van der Waals surface area contributed by atoms with Gasteiger partial charge in [-0.3, -0.25) is 56.1 Å². The number of carbonyl (C=O) groups excluding carboxylic acids is 1. The summed E-state index contributed by atoms with van der Waals surface area (Å²) in [6.07, 6.45) is -13.5. The Balaban J connectivity index is 0.874. The number of imidazole rings is 3. The van der Waals surface area contributed by atoms with Gasteiger partial charge in [0.15, 0.2) is 46.8 Å². The molecule has 17 atom stereocenters. The smallest absolute Gasteiger partial charge is 0.397 e. The van der Waals surface area contributed by atoms with Crippen molar-refractivity contribution >= 4 is 97.0 Å². The van der Waals surface area contributed by atoms with Crippen LogP contribution < -0.4 is 28.3 Å². The lowest BCUT2D eigenvalue weighted by Gasteiger charge is -2.26. The van der Waals surface area contributed by atoms with Crippen LogP contribution in [0.15, 0.2) is 39.1 Å². The molecule has 0 bridgehead atoms. The van der Waals surface area contributed by atoms with Crippen LogP contribution in [0.4, 0.5) is 17.7 Å². The van der Waals surface area contributed by atoms with Crippen LogP contribution >= 0.6 is 39.1 Å². The van der Waals surface area contributed by atoms with E-state index in [9.17, 15) is 77.0 Å². The van der Waals surface area contributed by atoms with Crippen molar-refractivity contribution in [3.05, 3.63) is 51.0 Å². The number of phosphoric ester groups is 3. The SMILES string of the molecule is CCC1=C(N)c2ncn([C@@H]3OC(COP(=O)(O)OP(=O)(O)OP(=O)(O)OP(=O)(O)OC[C@H]4O[C@@H](n5cnc6c(=O)[nH]c(N)nc65)[C@H](O)[C@@H]4CC(=O)N(C)C)[C@@H](OP(=O)(O)OC[C@H]4O[C@@H](n5cnc6c(=O)[nH]c(N)nc65)[C@H](O)[C@@H]4O)[C@H]3OC)c2N=CC1. The number of rotatable bonds is 24. The summed E-state index contributed by atoms with van der Waals surface area (Å²) in [4.78, 5) is 121. The normalized spacial score (nSPS) is 29.5. The van der Waals surface area contributed by atoms with Gasteiger partial charge < -0.3 is 80.8 Å². The summed E-state index contributed by atoms with van der Waals surface area (Å²) in [5, 5.41) is 33.2. The van der Waals surface area contributed by atoms with Gasteiger partial charge in [-0.2, -0.15) is 22.9 Å². The number of hydrogen-bond donors (Lipinski definition) is 13. The van der Waals surface area contributed by atoms with Crippen molar-refractivity contribution < 1.29 is 117 Å². The van der Waals surface area contributed by atoms with Gasteiger partial charge in [0.1, 0.15) is 48.4 Å². The van der Waals surface area contributed by atoms with E-state index < -0.39 is 156 Å². The Morgan fingerprint density at radius 2 is 1.16 bits per heavy atom. The molecule has 0 aliphatic carbocycles. The first-order valence-corrected chi connectivity index (χ1v) is 32.3. The number of aromatic amines is 2. The lowest BCUT2D eigenvalue weighted by atomic mass is 9.94. The van der Waals surface area contributed by atoms with Crippen LogP contribution in [0.3, 0.4) is 0 Å². The Morgan fingerprint density at radius 1 is 0.674 bits per heavy atom. The van der Waals surface area contributed by atoms with Gasteiger partial charge in [-0.15, -0.1) is 0 Å². The molecule has 0 radical (unpaired) electrons. The largest absolute Gasteiger partial charge is 0.490 e. The first-order chi connectivity index (χ1) is 40.2. The lowest BCUT2D eigenvalue weighted by Crippen LogP contribution is -2.38. The molecular formula is C39H56N15O27P5. The number of aliphatic hydroxyl groups is 3. The number of fused-ring (bicyclic) bond motifs is 3. The molecule has 0 aromatic carbocycles. The zero-order chi connectivity index (χ0) is 62.7. The van der Waals surface area contributed by atoms with E-state index in [1.807, 2.05) is 6.92 Å². The first-order valence-electron chi connectivity index (χ1n) is 24.9. The standard InChI is InChI=1S/C39H56N15O27P5/c1-5-15-6-7-43-30-22(21(15)40)44-12-52(30)37-29(71-4)28(78-82(61,62)72-10-18-26(57)27(58)36(76-18)54-14-46-24-32(54)48-39(42)50-34(24)60)19(77-37)11-74-84(65,66)80-86(69,70)81-85(67,68)79-83(63,64)73-9-17-16(8-20(55)51(2)3)25(56)35(75-17)53-13-45-23-31(53)47-38(41)49-33(23)59/h7,12-14,16-19,25-29,35-37,56-58H,5-6,8-11,40H2,1-4H3,(H,61,62)(H,63,64)(H,65,66)(H,67,68)(H,69,70)(H3,41,47,49,59)(H3,42,48,50,60)/t16-,17-,18-,19?,25-,26-,27-,28-,29-,35-,36-,37-/m1/s1. The van der Waals surface area contributed by atoms with Crippen molar-refractivity contribution in [3.8, 4) is 0 Å². The van der Waals surface area contributed by atoms with Gasteiger partial charge in [0.2, 0.25) is 17.8 Å². The Labute approximate surface area is 480 Å². The highest BCUT2D eigenvalue weighted by Crippen LogP contribution is 2.71. The molecule has 4 aliphatic heterocycles. The van der Waals surface area contributed by atoms with Crippen LogP contribution in [0, 0.1) is 5.92 Å². The number of nitrogens with zero attached hydrogens (tertiary/aromatic N) is 10. The topological polar surface area (TPSA) is 604 Å². The van der Waals surface area contributed by atoms with Gasteiger partial charge in [0, 0.05) is 46.2 Å². The number of allylic oxidation sites excluding steroid dienone is 1. The van der Waals surface area contributed by atoms with E-state index in [1.165, 1.54) is 31.2 Å². The number of aliphatic imine (C=N–C) groups is 1. The number of nitrogens with two attached hydrogens (primary N) is 3. The summed E-state index contributed by atoms with van der Waals surface area (Å²) < 4.78 is 126. The fourth-order valence-corrected chi connectivity index (χ4v) is 15.4. The third-order valence-electron chi connectivity index (χ3n) is 13.5. The highest BCUT2D eigenvalue weighted by atomic mass is 31.3. The monoisotopic (exact) mass is 1320 g/mol. The van der Waals surface area contributed by atoms with E-state index in [4.69, 9.17) is 54.2 Å². The Morgan fingerprint density at radius 3 is 1.71 bits per heavy atom. The van der Waals surface area contributed by atoms with E-state index >= 15 is 0 Å². The van der Waals surface area contributed by atoms with E-state index in [0.717, 1.165) is 39.4 Å². The highest BCUT2D eigenvalue weighted by molar-refractivity contribution is 7.69. The number of aliphatic hydroxyl groups excluding tert-OH is 3. The number of ether oxygens (including phenoxy) is 4. The summed E-state index contributed by atoms with van der Waals surface area (Å²) in [5.41, 5.74) is 16.6. The molecule has 0 saturated carbocycles. The van der Waals surface area contributed by atoms with Crippen LogP contribution in [0.1, 0.15) is 50.6 Å². The quantitative estimate of drug-likeness (QED) is 0.0309. The number of anilines is 2. The average Bonchev–Trinajstić information content (AvgIpc) is 1.69. The fraction of sp³-hybridized carbons (Fsp3) is 0.564. The molecule has 86 heavy (non-hydrogen) atoms. The predicted octanol–water partition coefficient (Wildman–Crippen LogP) is -1.63. The van der Waals surface area contributed by atoms with Crippen molar-refractivity contribution in [2.75, 3.05) is 52.5 Å². The molecule has 3 fully saturated rings. The predicted molar refractivity (Wildman–Crippen MR) is 284 cm³/mol. The second-order valence-electron chi connectivity index (χ2n) is 19.3. The van der Waals surface area contributed by atoms with Gasteiger partial charge in [0.25, 0.3) is 11.1 Å². The summed E-state index contributed by atoms with van der Waals surface area (Å²) in [6, 6.07) is 0. The zero-order valence-electron chi connectivity index (χ0n) is 44.8. The van der Waals surface area contributed by atoms with Gasteiger partial charge in [-0.05, 0) is 12.0 Å². The van der Waals surface area contributed by atoms with Gasteiger partial charge in [-0.1, -0.05) is 6.92 Å². The number of H-pyrrole nitrogens is 2. The van der Waals surface area contributed by atoms with Crippen LogP contribution in [0.2, 0.25) is 0 Å². The summed E-state index contributed by atoms with van der Waals surface area (Å²) in [5.74, 6) is -2.53. The number of nitrogen functional groups attached to an aromatic ring is 2. The van der Waals surface area contributed by atoms with Crippen LogP contribution in [-0.4, -0.2) is 195 Å². The number of aromatic nitrogens is 10. The number of amides is 1. The summed E-state index contributed by atoms with van der Waals surface area (Å²) in [7, 11) is -26.7. The van der Waals surface area contributed by atoms with Crippen LogP contribution in [0.5, 0.6) is 0 Å². The third-order valence-corrected chi connectivity index (χ3v) is 20.4. The molecule has 3 saturated heterocycles. The van der Waals surface area contributed by atoms with Crippen molar-refractivity contribution in [3.63, 3.8) is 0 Å². The van der Waals surface area contributed by atoms with Crippen LogP contribution in [0.25, 0.3) is 28.0 Å². The van der Waals surface area contributed by atoms with E-state index in [1.54, 1.807) is 0 Å². The van der Waals surface area contributed by atoms with E-state index in [2.05, 4.69) is 52.8 Å². The number of methoxy groups -OCH3 is 1. The van der Waals surface area contributed by atoms with E-state index in [0.29, 0.717) is 12.8 Å². The summed E-state index contributed by atoms with van der Waals surface area (Å²) in [6.45, 7) is -1.66. The Kier molecular flexibility index (Phi) is 18.8. The minimum atomic E-state index is -6.48. The van der Waals surface area contributed by atoms with Crippen LogP contribution in [-0.2, 0) is 77.6 Å². The summed E-state index contributed by atoms with van der Waals surface area (Å²) >= 11 is 0.